The summed E-state index contributed by atoms with van der Waals surface area (Å²) in [5.74, 6) is -1.71. The molecule has 1 saturated heterocycles. The van der Waals surface area contributed by atoms with Crippen LogP contribution in [0.5, 0.6) is 0 Å². The third-order valence-corrected chi connectivity index (χ3v) is 16.6. The van der Waals surface area contributed by atoms with Crippen molar-refractivity contribution in [3.63, 3.8) is 0 Å². The third kappa shape index (κ3) is 11.5. The van der Waals surface area contributed by atoms with Gasteiger partial charge in [-0.05, 0) is 38.8 Å². The third-order valence-electron chi connectivity index (χ3n) is 11.1. The number of carbonyl (C=O) groups is 4. The number of nitrogens with zero attached hydrogens (tertiary/aromatic N) is 5. The van der Waals surface area contributed by atoms with Gasteiger partial charge in [0.15, 0.2) is 21.3 Å². The highest BCUT2D eigenvalue weighted by atomic mass is 32.2. The Bertz CT molecular complexity index is 2960. The molecule has 366 valence electrons. The molecule has 4 heterocycles. The van der Waals surface area contributed by atoms with E-state index in [1.165, 1.54) is 51.5 Å². The maximum absolute atomic E-state index is 15.4. The van der Waals surface area contributed by atoms with Crippen molar-refractivity contribution in [2.75, 3.05) is 10.4 Å². The molecule has 0 saturated carbocycles. The van der Waals surface area contributed by atoms with Gasteiger partial charge in [0.1, 0.15) is 27.4 Å². The van der Waals surface area contributed by atoms with Crippen LogP contribution in [0, 0.1) is 6.92 Å². The van der Waals surface area contributed by atoms with E-state index in [9.17, 15) is 14.4 Å². The van der Waals surface area contributed by atoms with Crippen molar-refractivity contribution < 1.29 is 33.5 Å². The van der Waals surface area contributed by atoms with Crippen LogP contribution in [0.25, 0.3) is 0 Å². The van der Waals surface area contributed by atoms with Crippen molar-refractivity contribution in [3.05, 3.63) is 206 Å². The molecule has 2 aliphatic heterocycles. The normalized spacial score (nSPS) is 15.9. The van der Waals surface area contributed by atoms with Crippen LogP contribution >= 0.6 is 58.0 Å². The number of nitrogens with one attached hydrogen (secondary N) is 2. The van der Waals surface area contributed by atoms with E-state index in [1.807, 2.05) is 159 Å². The number of anilines is 1. The van der Waals surface area contributed by atoms with Crippen LogP contribution < -0.4 is 10.6 Å². The summed E-state index contributed by atoms with van der Waals surface area (Å²) in [5.41, 5.74) is 1.36. The van der Waals surface area contributed by atoms with E-state index in [0.29, 0.717) is 14.3 Å². The number of ether oxygens (including phenoxy) is 2. The first-order valence-electron chi connectivity index (χ1n) is 22.6. The molecule has 0 radical (unpaired) electrons. The van der Waals surface area contributed by atoms with Crippen molar-refractivity contribution in [2.45, 2.75) is 66.5 Å². The number of hydrogen-bond acceptors (Lipinski definition) is 16. The summed E-state index contributed by atoms with van der Waals surface area (Å²) in [7, 11) is 0. The standard InChI is InChI=1S/C53H47N7O7S5/c1-33-57-58-51(71-33)70-32-69-45-43(48(63)65-44(34-20-10-5-11-21-34)35-22-12-6-13-23-35)60-40(61)30-41(60)72-47(45)55-46(62)42(39-31-68-49(54-39)56-50(64)66-52(2,3)4)59-67-53(36-24-14-7-15-25-36,37-26-16-8-17-27-37)38-28-18-9-19-29-38/h5-29,31,41,44,47H,30,32H2,1-4H3,(H,55,62)(H,54,56,64)/b59-42-. The fourth-order valence-electron chi connectivity index (χ4n) is 7.91. The van der Waals surface area contributed by atoms with Crippen molar-refractivity contribution in [2.24, 2.45) is 5.16 Å². The smallest absolute Gasteiger partial charge is 0.413 e. The average Bonchev–Trinajstić information content (AvgIpc) is 4.03. The molecule has 5 aromatic carbocycles. The minimum atomic E-state index is -1.39. The summed E-state index contributed by atoms with van der Waals surface area (Å²) >= 11 is 6.52. The van der Waals surface area contributed by atoms with Crippen LogP contribution in [0.15, 0.2) is 177 Å². The van der Waals surface area contributed by atoms with Gasteiger partial charge < -0.3 is 19.6 Å². The average molecular weight is 1050 g/mol. The largest absolute Gasteiger partial charge is 0.448 e. The molecule has 72 heavy (non-hydrogen) atoms. The highest BCUT2D eigenvalue weighted by molar-refractivity contribution is 8.19. The van der Waals surface area contributed by atoms with E-state index >= 15 is 4.79 Å². The van der Waals surface area contributed by atoms with Crippen LogP contribution in [0.1, 0.15) is 71.8 Å². The Labute approximate surface area is 437 Å². The Hall–Kier alpha value is -6.77. The van der Waals surface area contributed by atoms with Gasteiger partial charge in [0.25, 0.3) is 5.91 Å². The second kappa shape index (κ2) is 22.3. The molecule has 0 aliphatic carbocycles. The van der Waals surface area contributed by atoms with E-state index in [2.05, 4.69) is 25.8 Å². The number of thioether (sulfide) groups is 3. The minimum Gasteiger partial charge on any atom is -0.448 e. The molecule has 9 rings (SSSR count). The number of hydrogen-bond donors (Lipinski definition) is 2. The fourth-order valence-corrected chi connectivity index (χ4v) is 13.5. The lowest BCUT2D eigenvalue weighted by Gasteiger charge is -2.47. The van der Waals surface area contributed by atoms with Crippen molar-refractivity contribution in [1.82, 2.24) is 25.4 Å². The lowest BCUT2D eigenvalue weighted by Crippen LogP contribution is -2.57. The van der Waals surface area contributed by atoms with Crippen LogP contribution in [-0.4, -0.2) is 71.1 Å². The molecule has 2 atom stereocenters. The molecule has 1 fully saturated rings. The van der Waals surface area contributed by atoms with Crippen LogP contribution in [-0.2, 0) is 34.3 Å². The summed E-state index contributed by atoms with van der Waals surface area (Å²) in [6.07, 6.45) is -1.43. The maximum Gasteiger partial charge on any atom is 0.413 e. The van der Waals surface area contributed by atoms with Crippen molar-refractivity contribution >= 4 is 92.7 Å². The van der Waals surface area contributed by atoms with E-state index in [4.69, 9.17) is 19.5 Å². The van der Waals surface area contributed by atoms with Gasteiger partial charge in [0.05, 0.1) is 16.9 Å². The Morgan fingerprint density at radius 3 is 1.86 bits per heavy atom. The predicted octanol–water partition coefficient (Wildman–Crippen LogP) is 11.1. The van der Waals surface area contributed by atoms with Crippen LogP contribution in [0.2, 0.25) is 0 Å². The number of benzene rings is 5. The molecular formula is C53H47N7O7S5. The second-order valence-corrected chi connectivity index (χ2v) is 23.1. The molecule has 0 spiro atoms. The van der Waals surface area contributed by atoms with Gasteiger partial charge in [-0.15, -0.1) is 45.1 Å². The highest BCUT2D eigenvalue weighted by Crippen LogP contribution is 2.49. The Balaban J connectivity index is 1.14. The lowest BCUT2D eigenvalue weighted by molar-refractivity contribution is -0.151. The quantitative estimate of drug-likeness (QED) is 0.0168. The topological polar surface area (TPSA) is 174 Å². The summed E-state index contributed by atoms with van der Waals surface area (Å²) < 4.78 is 12.7. The summed E-state index contributed by atoms with van der Waals surface area (Å²) in [6, 6.07) is 47.5. The molecule has 2 unspecified atom stereocenters. The minimum absolute atomic E-state index is 0.0275. The number of thiazole rings is 1. The van der Waals surface area contributed by atoms with Gasteiger partial charge in [-0.2, -0.15) is 0 Å². The molecule has 19 heteroatoms. The Morgan fingerprint density at radius 1 is 0.792 bits per heavy atom. The second-order valence-electron chi connectivity index (χ2n) is 17.2. The number of aromatic nitrogens is 3. The molecule has 0 bridgehead atoms. The van der Waals surface area contributed by atoms with E-state index in [1.54, 1.807) is 26.2 Å². The molecule has 14 nitrogen and oxygen atoms in total. The first kappa shape index (κ1) is 50.2. The monoisotopic (exact) mass is 1050 g/mol. The number of fused-ring (bicyclic) bond motifs is 1. The zero-order valence-electron chi connectivity index (χ0n) is 39.3. The number of carbonyl (C=O) groups excluding carboxylic acids is 4. The number of β-lactam (4-membered cyclic amide) rings is 1. The molecule has 2 aromatic heterocycles. The Kier molecular flexibility index (Phi) is 15.6. The Morgan fingerprint density at radius 2 is 1.35 bits per heavy atom. The first-order chi connectivity index (χ1) is 34.9. The van der Waals surface area contributed by atoms with Crippen molar-refractivity contribution in [1.29, 1.82) is 0 Å². The maximum atomic E-state index is 15.4. The summed E-state index contributed by atoms with van der Waals surface area (Å²) in [5, 5.41) is 20.5. The van der Waals surface area contributed by atoms with Gasteiger partial charge in [0, 0.05) is 27.0 Å². The zero-order chi connectivity index (χ0) is 50.2. The van der Waals surface area contributed by atoms with Gasteiger partial charge in [-0.25, -0.2) is 14.6 Å². The van der Waals surface area contributed by atoms with Gasteiger partial charge in [0.2, 0.25) is 11.5 Å². The number of esters is 1. The molecule has 3 amide bonds. The number of oxime groups is 1. The SMILES string of the molecule is Cc1nnc(SCSC2=C(C(=O)OC(c3ccccc3)c3ccccc3)N3C(=O)CC3SC2NC(=O)/C(=N\OC(c2ccccc2)(c2ccccc2)c2ccccc2)c2csc(NC(=O)OC(C)(C)C)n2)s1. The van der Waals surface area contributed by atoms with E-state index in [0.717, 1.165) is 44.2 Å². The molecular weight excluding hydrogens is 1010 g/mol. The first-order valence-corrected chi connectivity index (χ1v) is 27.2. The van der Waals surface area contributed by atoms with E-state index in [-0.39, 0.29) is 34.6 Å². The van der Waals surface area contributed by atoms with Gasteiger partial charge >= 0.3 is 12.1 Å². The molecule has 2 aliphatic rings. The molecule has 7 aromatic rings. The zero-order valence-corrected chi connectivity index (χ0v) is 43.4. The summed E-state index contributed by atoms with van der Waals surface area (Å²) in [6.45, 7) is 7.12. The van der Waals surface area contributed by atoms with Crippen LogP contribution in [0.4, 0.5) is 9.93 Å². The van der Waals surface area contributed by atoms with Gasteiger partial charge in [-0.1, -0.05) is 180 Å². The fraction of sp³-hybridized carbons (Fsp3) is 0.208. The van der Waals surface area contributed by atoms with Gasteiger partial charge in [-0.3, -0.25) is 19.8 Å². The summed E-state index contributed by atoms with van der Waals surface area (Å²) in [4.78, 5) is 70.3. The number of amides is 3. The van der Waals surface area contributed by atoms with Crippen molar-refractivity contribution in [3.8, 4) is 0 Å². The number of rotatable bonds is 17. The van der Waals surface area contributed by atoms with Crippen LogP contribution in [0.3, 0.4) is 0 Å². The highest BCUT2D eigenvalue weighted by Gasteiger charge is 2.50. The predicted molar refractivity (Wildman–Crippen MR) is 284 cm³/mol. The number of aryl methyl sites for hydroxylation is 1. The van der Waals surface area contributed by atoms with E-state index < -0.39 is 46.0 Å². The molecule has 2 N–H and O–H groups in total. The lowest BCUT2D eigenvalue weighted by atomic mass is 9.80.